The first kappa shape index (κ1) is 28.1. The van der Waals surface area contributed by atoms with Gasteiger partial charge < -0.3 is 19.3 Å². The van der Waals surface area contributed by atoms with Crippen molar-refractivity contribution in [3.8, 4) is 0 Å². The van der Waals surface area contributed by atoms with E-state index in [9.17, 15) is 19.5 Å². The summed E-state index contributed by atoms with van der Waals surface area (Å²) in [7, 11) is 0. The van der Waals surface area contributed by atoms with Gasteiger partial charge in [-0.1, -0.05) is 32.9 Å². The van der Waals surface area contributed by atoms with Crippen molar-refractivity contribution in [1.82, 2.24) is 0 Å². The van der Waals surface area contributed by atoms with E-state index in [-0.39, 0.29) is 46.5 Å². The highest BCUT2D eigenvalue weighted by molar-refractivity contribution is 5.88. The topological polar surface area (TPSA) is 99.1 Å². The van der Waals surface area contributed by atoms with E-state index in [2.05, 4.69) is 32.9 Å². The summed E-state index contributed by atoms with van der Waals surface area (Å²) < 4.78 is 17.4. The Bertz CT molecular complexity index is 1160. The van der Waals surface area contributed by atoms with Gasteiger partial charge in [0.1, 0.15) is 24.4 Å². The summed E-state index contributed by atoms with van der Waals surface area (Å²) in [5, 5.41) is 10.8. The summed E-state index contributed by atoms with van der Waals surface area (Å²) in [5.41, 5.74) is 1.67. The Morgan fingerprint density at radius 3 is 2.54 bits per heavy atom. The van der Waals surface area contributed by atoms with Gasteiger partial charge in [-0.25, -0.2) is 4.79 Å². The van der Waals surface area contributed by atoms with Gasteiger partial charge in [0.15, 0.2) is 0 Å². The van der Waals surface area contributed by atoms with E-state index in [4.69, 9.17) is 14.2 Å². The Balaban J connectivity index is 1.53. The second kappa shape index (κ2) is 9.32. The Hall–Kier alpha value is -2.41. The lowest BCUT2D eigenvalue weighted by molar-refractivity contribution is -0.176. The highest BCUT2D eigenvalue weighted by Gasteiger charge is 2.64. The number of hydrogen-bond acceptors (Lipinski definition) is 7. The first-order valence-electron chi connectivity index (χ1n) is 14.5. The SMILES string of the molecule is CC(=O)OC(C)(C)C1CC=C2C(=CCC3(C)C(C(C)C4OC(=O)C(C)=CC4O)CCC23C)C12CCC(=O)OC2. The molecule has 1 spiro atoms. The monoisotopic (exact) mass is 540 g/mol. The second-order valence-corrected chi connectivity index (χ2v) is 13.7. The molecular weight excluding hydrogens is 496 g/mol. The third-order valence-corrected chi connectivity index (χ3v) is 11.4. The fourth-order valence-corrected chi connectivity index (χ4v) is 9.21. The van der Waals surface area contributed by atoms with Crippen LogP contribution in [0.25, 0.3) is 0 Å². The number of carbonyl (C=O) groups excluding carboxylic acids is 3. The number of ether oxygens (including phenoxy) is 3. The van der Waals surface area contributed by atoms with E-state index in [1.165, 1.54) is 18.1 Å². The lowest BCUT2D eigenvalue weighted by Gasteiger charge is -2.59. The highest BCUT2D eigenvalue weighted by Crippen LogP contribution is 2.71. The minimum Gasteiger partial charge on any atom is -0.465 e. The Morgan fingerprint density at radius 2 is 1.90 bits per heavy atom. The minimum atomic E-state index is -0.804. The maximum absolute atomic E-state index is 12.4. The van der Waals surface area contributed by atoms with Crippen molar-refractivity contribution in [2.24, 2.45) is 34.0 Å². The fourth-order valence-electron chi connectivity index (χ4n) is 9.21. The van der Waals surface area contributed by atoms with Crippen LogP contribution in [0.1, 0.15) is 87.0 Å². The molecule has 214 valence electrons. The first-order chi connectivity index (χ1) is 18.2. The number of aliphatic hydroxyl groups is 1. The average molecular weight is 541 g/mol. The molecule has 0 radical (unpaired) electrons. The standard InChI is InChI=1S/C32H44O7/c1-18-16-24(34)27(38-28(18)36)19(2)21-10-13-31(7)22-8-9-25(29(4,5)39-20(3)33)32(15-12-26(35)37-17-32)23(22)11-14-30(21,31)6/h8,11,16,19,21,24-25,27,34H,9-10,12-15,17H2,1-7H3. The molecule has 2 heterocycles. The van der Waals surface area contributed by atoms with Crippen LogP contribution < -0.4 is 0 Å². The third kappa shape index (κ3) is 4.13. The number of allylic oxidation sites excluding steroid dienone is 3. The van der Waals surface area contributed by atoms with Gasteiger partial charge in [-0.05, 0) is 92.8 Å². The van der Waals surface area contributed by atoms with E-state index in [0.717, 1.165) is 25.7 Å². The summed E-state index contributed by atoms with van der Waals surface area (Å²) in [6.07, 6.45) is 9.54. The molecule has 0 amide bonds. The zero-order valence-corrected chi connectivity index (χ0v) is 24.5. The molecule has 8 unspecified atom stereocenters. The van der Waals surface area contributed by atoms with Gasteiger partial charge in [-0.15, -0.1) is 0 Å². The highest BCUT2D eigenvalue weighted by atomic mass is 16.6. The molecule has 0 bridgehead atoms. The van der Waals surface area contributed by atoms with Crippen molar-refractivity contribution in [3.05, 3.63) is 34.9 Å². The van der Waals surface area contributed by atoms with Crippen LogP contribution in [0.2, 0.25) is 0 Å². The van der Waals surface area contributed by atoms with Gasteiger partial charge >= 0.3 is 17.9 Å². The van der Waals surface area contributed by atoms with Crippen LogP contribution in [-0.4, -0.2) is 47.4 Å². The van der Waals surface area contributed by atoms with Gasteiger partial charge in [0.2, 0.25) is 0 Å². The summed E-state index contributed by atoms with van der Waals surface area (Å²) in [6.45, 7) is 14.2. The number of fused-ring (bicyclic) bond motifs is 4. The molecule has 1 N–H and O–H groups in total. The molecule has 1 saturated carbocycles. The van der Waals surface area contributed by atoms with Crippen molar-refractivity contribution in [2.75, 3.05) is 6.61 Å². The number of cyclic esters (lactones) is 2. The average Bonchev–Trinajstić information content (AvgIpc) is 3.13. The minimum absolute atomic E-state index is 0.0143. The van der Waals surface area contributed by atoms with Crippen LogP contribution in [0.5, 0.6) is 0 Å². The van der Waals surface area contributed by atoms with E-state index in [0.29, 0.717) is 25.0 Å². The maximum Gasteiger partial charge on any atom is 0.333 e. The van der Waals surface area contributed by atoms with E-state index >= 15 is 0 Å². The molecule has 0 aromatic carbocycles. The van der Waals surface area contributed by atoms with Crippen molar-refractivity contribution >= 4 is 17.9 Å². The fraction of sp³-hybridized carbons (Fsp3) is 0.719. The van der Waals surface area contributed by atoms with E-state index in [1.807, 2.05) is 13.8 Å². The Labute approximate surface area is 232 Å². The second-order valence-electron chi connectivity index (χ2n) is 13.7. The number of hydrogen-bond donors (Lipinski definition) is 1. The van der Waals surface area contributed by atoms with Crippen molar-refractivity contribution in [2.45, 2.75) is 105 Å². The number of esters is 3. The Kier molecular flexibility index (Phi) is 6.72. The molecule has 7 nitrogen and oxygen atoms in total. The zero-order valence-electron chi connectivity index (χ0n) is 24.5. The normalized spacial score (nSPS) is 40.9. The van der Waals surface area contributed by atoms with Crippen molar-refractivity contribution in [1.29, 1.82) is 0 Å². The van der Waals surface area contributed by atoms with Gasteiger partial charge in [0.05, 0.1) is 0 Å². The molecule has 5 rings (SSSR count). The summed E-state index contributed by atoms with van der Waals surface area (Å²) in [6, 6.07) is 0. The smallest absolute Gasteiger partial charge is 0.333 e. The lowest BCUT2D eigenvalue weighted by atomic mass is 9.46. The Morgan fingerprint density at radius 1 is 1.18 bits per heavy atom. The van der Waals surface area contributed by atoms with Crippen LogP contribution in [-0.2, 0) is 28.6 Å². The van der Waals surface area contributed by atoms with Gasteiger partial charge in [-0.2, -0.15) is 0 Å². The molecular formula is C32H44O7. The molecule has 0 aromatic rings. The van der Waals surface area contributed by atoms with Gasteiger partial charge in [0.25, 0.3) is 0 Å². The van der Waals surface area contributed by atoms with E-state index < -0.39 is 23.2 Å². The molecule has 8 atom stereocenters. The molecule has 2 fully saturated rings. The summed E-state index contributed by atoms with van der Waals surface area (Å²) in [4.78, 5) is 36.6. The first-order valence-corrected chi connectivity index (χ1v) is 14.5. The van der Waals surface area contributed by atoms with Gasteiger partial charge in [0, 0.05) is 30.3 Å². The molecule has 5 aliphatic rings. The van der Waals surface area contributed by atoms with Crippen LogP contribution >= 0.6 is 0 Å². The van der Waals surface area contributed by atoms with Crippen LogP contribution in [0.4, 0.5) is 0 Å². The van der Waals surface area contributed by atoms with Crippen molar-refractivity contribution in [3.63, 3.8) is 0 Å². The predicted octanol–water partition coefficient (Wildman–Crippen LogP) is 5.22. The lowest BCUT2D eigenvalue weighted by Crippen LogP contribution is -2.56. The van der Waals surface area contributed by atoms with Crippen molar-refractivity contribution < 1.29 is 33.7 Å². The third-order valence-electron chi connectivity index (χ3n) is 11.4. The molecule has 1 saturated heterocycles. The molecule has 0 aromatic heterocycles. The maximum atomic E-state index is 12.4. The summed E-state index contributed by atoms with van der Waals surface area (Å²) in [5.74, 6) is -0.617. The predicted molar refractivity (Wildman–Crippen MR) is 145 cm³/mol. The largest absolute Gasteiger partial charge is 0.465 e. The molecule has 2 aliphatic heterocycles. The summed E-state index contributed by atoms with van der Waals surface area (Å²) >= 11 is 0. The van der Waals surface area contributed by atoms with Crippen LogP contribution in [0.3, 0.4) is 0 Å². The van der Waals surface area contributed by atoms with Crippen LogP contribution in [0, 0.1) is 34.0 Å². The molecule has 39 heavy (non-hydrogen) atoms. The molecule has 3 aliphatic carbocycles. The van der Waals surface area contributed by atoms with Crippen LogP contribution in [0.15, 0.2) is 34.9 Å². The van der Waals surface area contributed by atoms with E-state index in [1.54, 1.807) is 13.0 Å². The van der Waals surface area contributed by atoms with Gasteiger partial charge in [-0.3, -0.25) is 9.59 Å². The zero-order chi connectivity index (χ0) is 28.5. The molecule has 7 heteroatoms. The number of aliphatic hydroxyl groups excluding tert-OH is 1. The quantitative estimate of drug-likeness (QED) is 0.386. The number of rotatable bonds is 4. The number of carbonyl (C=O) groups is 3.